The van der Waals surface area contributed by atoms with Crippen LogP contribution >= 0.6 is 11.8 Å². The number of halogens is 1. The fraction of sp³-hybridized carbons (Fsp3) is 0.0769. The van der Waals surface area contributed by atoms with Crippen LogP contribution in [-0.4, -0.2) is 32.9 Å². The number of carboxylic acids is 1. The predicted octanol–water partition coefficient (Wildman–Crippen LogP) is 2.04. The van der Waals surface area contributed by atoms with E-state index in [-0.39, 0.29) is 17.1 Å². The van der Waals surface area contributed by atoms with Crippen LogP contribution in [0.1, 0.15) is 10.4 Å². The first kappa shape index (κ1) is 14.9. The Labute approximate surface area is 123 Å². The van der Waals surface area contributed by atoms with Crippen molar-refractivity contribution < 1.29 is 19.1 Å². The second-order valence-corrected chi connectivity index (χ2v) is 4.90. The van der Waals surface area contributed by atoms with Crippen LogP contribution in [0.15, 0.2) is 41.4 Å². The summed E-state index contributed by atoms with van der Waals surface area (Å²) in [6.07, 6.45) is 0. The van der Waals surface area contributed by atoms with Crippen molar-refractivity contribution in [3.63, 3.8) is 0 Å². The lowest BCUT2D eigenvalue weighted by Crippen LogP contribution is -2.13. The number of aliphatic carboxylic acids is 1. The van der Waals surface area contributed by atoms with E-state index < -0.39 is 17.7 Å². The van der Waals surface area contributed by atoms with Crippen LogP contribution in [-0.2, 0) is 4.79 Å². The molecule has 0 bridgehead atoms. The number of carbonyl (C=O) groups excluding carboxylic acids is 1. The van der Waals surface area contributed by atoms with E-state index in [9.17, 15) is 14.0 Å². The molecule has 0 fully saturated rings. The Kier molecular flexibility index (Phi) is 4.83. The van der Waals surface area contributed by atoms with Gasteiger partial charge < -0.3 is 10.4 Å². The van der Waals surface area contributed by atoms with Crippen molar-refractivity contribution in [2.24, 2.45) is 0 Å². The summed E-state index contributed by atoms with van der Waals surface area (Å²) in [4.78, 5) is 22.3. The largest absolute Gasteiger partial charge is 0.481 e. The number of nitrogens with zero attached hydrogens (tertiary/aromatic N) is 2. The van der Waals surface area contributed by atoms with E-state index in [0.29, 0.717) is 5.03 Å². The van der Waals surface area contributed by atoms with Gasteiger partial charge in [0.1, 0.15) is 10.8 Å². The van der Waals surface area contributed by atoms with Crippen molar-refractivity contribution in [1.82, 2.24) is 10.2 Å². The van der Waals surface area contributed by atoms with E-state index in [1.807, 2.05) is 0 Å². The second-order valence-electron chi connectivity index (χ2n) is 3.90. The SMILES string of the molecule is O=C(O)CSc1ccc(NC(=O)c2cccc(F)c2)nn1. The summed E-state index contributed by atoms with van der Waals surface area (Å²) in [5.74, 6) is -1.89. The molecule has 1 aromatic carbocycles. The number of benzene rings is 1. The van der Waals surface area contributed by atoms with Crippen molar-refractivity contribution in [3.8, 4) is 0 Å². The summed E-state index contributed by atoms with van der Waals surface area (Å²) in [6.45, 7) is 0. The summed E-state index contributed by atoms with van der Waals surface area (Å²) in [6, 6.07) is 8.30. The van der Waals surface area contributed by atoms with Crippen LogP contribution in [0, 0.1) is 5.82 Å². The number of nitrogens with one attached hydrogen (secondary N) is 1. The number of aromatic nitrogens is 2. The Bertz CT molecular complexity index is 664. The molecule has 1 aromatic heterocycles. The summed E-state index contributed by atoms with van der Waals surface area (Å²) < 4.78 is 13.0. The maximum Gasteiger partial charge on any atom is 0.313 e. The Morgan fingerprint density at radius 1 is 1.24 bits per heavy atom. The molecule has 0 aliphatic heterocycles. The number of thioether (sulfide) groups is 1. The minimum Gasteiger partial charge on any atom is -0.481 e. The van der Waals surface area contributed by atoms with Crippen molar-refractivity contribution >= 4 is 29.5 Å². The Hall–Kier alpha value is -2.48. The van der Waals surface area contributed by atoms with Crippen LogP contribution in [0.25, 0.3) is 0 Å². The molecule has 6 nitrogen and oxygen atoms in total. The molecule has 21 heavy (non-hydrogen) atoms. The van der Waals surface area contributed by atoms with Gasteiger partial charge in [-0.3, -0.25) is 9.59 Å². The van der Waals surface area contributed by atoms with Gasteiger partial charge in [-0.2, -0.15) is 0 Å². The van der Waals surface area contributed by atoms with Gasteiger partial charge in [0, 0.05) is 5.56 Å². The molecule has 0 atom stereocenters. The predicted molar refractivity (Wildman–Crippen MR) is 74.7 cm³/mol. The molecule has 0 radical (unpaired) electrons. The number of carbonyl (C=O) groups is 2. The zero-order chi connectivity index (χ0) is 15.2. The van der Waals surface area contributed by atoms with Gasteiger partial charge in [-0.05, 0) is 30.3 Å². The fourth-order valence-corrected chi connectivity index (χ4v) is 1.95. The van der Waals surface area contributed by atoms with Gasteiger partial charge in [0.25, 0.3) is 5.91 Å². The number of hydrogen-bond donors (Lipinski definition) is 2. The van der Waals surface area contributed by atoms with Gasteiger partial charge in [-0.15, -0.1) is 10.2 Å². The topological polar surface area (TPSA) is 92.2 Å². The number of hydrogen-bond acceptors (Lipinski definition) is 5. The molecule has 0 spiro atoms. The first-order valence-corrected chi connectivity index (χ1v) is 6.78. The van der Waals surface area contributed by atoms with E-state index in [1.54, 1.807) is 6.07 Å². The van der Waals surface area contributed by atoms with E-state index in [2.05, 4.69) is 15.5 Å². The quantitative estimate of drug-likeness (QED) is 0.821. The number of carboxylic acid groups (broad SMARTS) is 1. The average molecular weight is 307 g/mol. The Morgan fingerprint density at radius 2 is 2.05 bits per heavy atom. The highest BCUT2D eigenvalue weighted by atomic mass is 32.2. The smallest absolute Gasteiger partial charge is 0.313 e. The minimum atomic E-state index is -0.953. The fourth-order valence-electron chi connectivity index (χ4n) is 1.42. The van der Waals surface area contributed by atoms with Gasteiger partial charge in [0.15, 0.2) is 5.82 Å². The monoisotopic (exact) mass is 307 g/mol. The molecule has 8 heteroatoms. The molecular weight excluding hydrogens is 297 g/mol. The highest BCUT2D eigenvalue weighted by Crippen LogP contribution is 2.15. The van der Waals surface area contributed by atoms with Crippen molar-refractivity contribution in [3.05, 3.63) is 47.8 Å². The molecular formula is C13H10FN3O3S. The number of amides is 1. The zero-order valence-corrected chi connectivity index (χ0v) is 11.4. The molecule has 2 rings (SSSR count). The van der Waals surface area contributed by atoms with Crippen molar-refractivity contribution in [1.29, 1.82) is 0 Å². The Balaban J connectivity index is 2.00. The normalized spacial score (nSPS) is 10.1. The lowest BCUT2D eigenvalue weighted by molar-refractivity contribution is -0.133. The maximum absolute atomic E-state index is 13.0. The lowest BCUT2D eigenvalue weighted by Gasteiger charge is -2.04. The second kappa shape index (κ2) is 6.80. The molecule has 0 aliphatic carbocycles. The molecule has 0 saturated carbocycles. The van der Waals surface area contributed by atoms with E-state index in [4.69, 9.17) is 5.11 Å². The lowest BCUT2D eigenvalue weighted by atomic mass is 10.2. The molecule has 1 amide bonds. The van der Waals surface area contributed by atoms with Crippen LogP contribution in [0.4, 0.5) is 10.2 Å². The van der Waals surface area contributed by atoms with E-state index >= 15 is 0 Å². The van der Waals surface area contributed by atoms with Crippen molar-refractivity contribution in [2.75, 3.05) is 11.1 Å². The van der Waals surface area contributed by atoms with Gasteiger partial charge >= 0.3 is 5.97 Å². The van der Waals surface area contributed by atoms with Gasteiger partial charge in [-0.25, -0.2) is 4.39 Å². The summed E-state index contributed by atoms with van der Waals surface area (Å²) in [5.41, 5.74) is 0.168. The van der Waals surface area contributed by atoms with E-state index in [0.717, 1.165) is 17.8 Å². The first-order chi connectivity index (χ1) is 10.0. The highest BCUT2D eigenvalue weighted by molar-refractivity contribution is 7.99. The Morgan fingerprint density at radius 3 is 2.67 bits per heavy atom. The molecule has 108 valence electrons. The van der Waals surface area contributed by atoms with Crippen LogP contribution in [0.2, 0.25) is 0 Å². The van der Waals surface area contributed by atoms with E-state index in [1.165, 1.54) is 24.3 Å². The third-order valence-corrected chi connectivity index (χ3v) is 3.22. The zero-order valence-electron chi connectivity index (χ0n) is 10.6. The first-order valence-electron chi connectivity index (χ1n) is 5.80. The molecule has 2 aromatic rings. The van der Waals surface area contributed by atoms with Crippen molar-refractivity contribution in [2.45, 2.75) is 5.03 Å². The average Bonchev–Trinajstić information content (AvgIpc) is 2.46. The summed E-state index contributed by atoms with van der Waals surface area (Å²) in [5, 5.41) is 19.0. The number of anilines is 1. The van der Waals surface area contributed by atoms with Crippen LogP contribution in [0.3, 0.4) is 0 Å². The summed E-state index contributed by atoms with van der Waals surface area (Å²) >= 11 is 1.02. The minimum absolute atomic E-state index is 0.121. The molecule has 0 aliphatic rings. The van der Waals surface area contributed by atoms with Gasteiger partial charge in [0.05, 0.1) is 5.75 Å². The molecule has 0 unspecified atom stereocenters. The van der Waals surface area contributed by atoms with Gasteiger partial charge in [-0.1, -0.05) is 17.8 Å². The molecule has 0 saturated heterocycles. The highest BCUT2D eigenvalue weighted by Gasteiger charge is 2.08. The third-order valence-electron chi connectivity index (χ3n) is 2.31. The molecule has 2 N–H and O–H groups in total. The third kappa shape index (κ3) is 4.53. The standard InChI is InChI=1S/C13H10FN3O3S/c14-9-3-1-2-8(6-9)13(20)15-10-4-5-11(17-16-10)21-7-12(18)19/h1-6H,7H2,(H,18,19)(H,15,16,20). The number of rotatable bonds is 5. The van der Waals surface area contributed by atoms with Crippen LogP contribution < -0.4 is 5.32 Å². The van der Waals surface area contributed by atoms with Crippen LogP contribution in [0.5, 0.6) is 0 Å². The van der Waals surface area contributed by atoms with Gasteiger partial charge in [0.2, 0.25) is 0 Å². The molecule has 1 heterocycles. The summed E-state index contributed by atoms with van der Waals surface area (Å²) in [7, 11) is 0. The maximum atomic E-state index is 13.0.